The summed E-state index contributed by atoms with van der Waals surface area (Å²) in [4.78, 5) is 18.6. The molecular weight excluding hydrogens is 198 g/mol. The summed E-state index contributed by atoms with van der Waals surface area (Å²) in [5, 5.41) is 11.8. The van der Waals surface area contributed by atoms with Gasteiger partial charge in [0, 0.05) is 6.04 Å². The topological polar surface area (TPSA) is 84.3 Å². The van der Waals surface area contributed by atoms with Gasteiger partial charge in [0.1, 0.15) is 0 Å². The minimum absolute atomic E-state index is 0.139. The van der Waals surface area contributed by atoms with Gasteiger partial charge in [-0.25, -0.2) is 14.8 Å². The van der Waals surface area contributed by atoms with Gasteiger partial charge in [-0.2, -0.15) is 0 Å². The molecule has 6 nitrogen and oxygen atoms in total. The van der Waals surface area contributed by atoms with Crippen LogP contribution in [0, 0.1) is 0 Å². The fourth-order valence-corrected chi connectivity index (χ4v) is 1.00. The Hall–Kier alpha value is -1.85. The molecule has 1 rings (SSSR count). The summed E-state index contributed by atoms with van der Waals surface area (Å²) >= 11 is 0. The molecular formula is C9H13N3O3. The van der Waals surface area contributed by atoms with Crippen molar-refractivity contribution in [2.24, 2.45) is 0 Å². The average molecular weight is 211 g/mol. The van der Waals surface area contributed by atoms with Gasteiger partial charge in [0.05, 0.1) is 13.3 Å². The van der Waals surface area contributed by atoms with Gasteiger partial charge in [-0.1, -0.05) is 0 Å². The molecule has 0 aliphatic heterocycles. The quantitative estimate of drug-likeness (QED) is 0.773. The van der Waals surface area contributed by atoms with E-state index in [4.69, 9.17) is 9.84 Å². The van der Waals surface area contributed by atoms with Gasteiger partial charge < -0.3 is 15.2 Å². The van der Waals surface area contributed by atoms with Crippen LogP contribution in [0.5, 0.6) is 5.75 Å². The molecule has 1 aromatic heterocycles. The van der Waals surface area contributed by atoms with E-state index in [0.29, 0.717) is 0 Å². The number of carboxylic acids is 1. The Kier molecular flexibility index (Phi) is 3.43. The first-order chi connectivity index (χ1) is 7.04. The minimum atomic E-state index is -1.14. The van der Waals surface area contributed by atoms with E-state index in [9.17, 15) is 4.79 Å². The molecule has 2 N–H and O–H groups in total. The molecule has 0 atom stereocenters. The van der Waals surface area contributed by atoms with Crippen LogP contribution in [0.3, 0.4) is 0 Å². The molecule has 6 heteroatoms. The van der Waals surface area contributed by atoms with Crippen LogP contribution in [0.15, 0.2) is 6.20 Å². The Balaban J connectivity index is 3.05. The number of methoxy groups -OCH3 is 1. The maximum atomic E-state index is 10.8. The first kappa shape index (κ1) is 11.2. The third-order valence-corrected chi connectivity index (χ3v) is 1.60. The second kappa shape index (κ2) is 4.59. The summed E-state index contributed by atoms with van der Waals surface area (Å²) < 4.78 is 4.83. The van der Waals surface area contributed by atoms with Gasteiger partial charge in [-0.05, 0) is 13.8 Å². The Bertz CT molecular complexity index is 366. The maximum Gasteiger partial charge on any atom is 0.358 e. The van der Waals surface area contributed by atoms with Crippen molar-refractivity contribution in [1.29, 1.82) is 0 Å². The van der Waals surface area contributed by atoms with Crippen LogP contribution >= 0.6 is 0 Å². The van der Waals surface area contributed by atoms with Crippen molar-refractivity contribution < 1.29 is 14.6 Å². The van der Waals surface area contributed by atoms with Gasteiger partial charge in [-0.3, -0.25) is 0 Å². The number of hydrogen-bond donors (Lipinski definition) is 2. The standard InChI is InChI=1S/C9H13N3O3/c1-5(2)11-9-10-4-6(15-3)7(12-9)8(13)14/h4-5H,1-3H3,(H,13,14)(H,10,11,12). The number of nitrogens with zero attached hydrogens (tertiary/aromatic N) is 2. The number of anilines is 1. The lowest BCUT2D eigenvalue weighted by molar-refractivity contribution is 0.0686. The molecule has 0 spiro atoms. The van der Waals surface area contributed by atoms with Crippen molar-refractivity contribution in [3.05, 3.63) is 11.9 Å². The van der Waals surface area contributed by atoms with Crippen LogP contribution in [0.25, 0.3) is 0 Å². The molecule has 0 aliphatic rings. The van der Waals surface area contributed by atoms with Crippen LogP contribution in [0.2, 0.25) is 0 Å². The number of aromatic carboxylic acids is 1. The second-order valence-corrected chi connectivity index (χ2v) is 3.21. The lowest BCUT2D eigenvalue weighted by Crippen LogP contribution is -2.15. The molecule has 0 saturated carbocycles. The third-order valence-electron chi connectivity index (χ3n) is 1.60. The van der Waals surface area contributed by atoms with Crippen molar-refractivity contribution in [3.8, 4) is 5.75 Å². The average Bonchev–Trinajstić information content (AvgIpc) is 2.16. The predicted molar refractivity (Wildman–Crippen MR) is 54.3 cm³/mol. The molecule has 1 aromatic rings. The normalized spacial score (nSPS) is 10.1. The number of rotatable bonds is 4. The highest BCUT2D eigenvalue weighted by atomic mass is 16.5. The van der Waals surface area contributed by atoms with Crippen LogP contribution in [0.1, 0.15) is 24.3 Å². The Morgan fingerprint density at radius 2 is 2.27 bits per heavy atom. The van der Waals surface area contributed by atoms with E-state index in [0.717, 1.165) is 0 Å². The number of ether oxygens (including phenoxy) is 1. The SMILES string of the molecule is COc1cnc(NC(C)C)nc1C(=O)O. The molecule has 0 fully saturated rings. The molecule has 0 bridgehead atoms. The summed E-state index contributed by atoms with van der Waals surface area (Å²) in [6.45, 7) is 3.82. The second-order valence-electron chi connectivity index (χ2n) is 3.21. The summed E-state index contributed by atoms with van der Waals surface area (Å²) in [7, 11) is 1.38. The zero-order valence-electron chi connectivity index (χ0n) is 8.81. The number of nitrogens with one attached hydrogen (secondary N) is 1. The Morgan fingerprint density at radius 1 is 1.60 bits per heavy atom. The van der Waals surface area contributed by atoms with Crippen LogP contribution in [0.4, 0.5) is 5.95 Å². The molecule has 0 saturated heterocycles. The lowest BCUT2D eigenvalue weighted by Gasteiger charge is -2.09. The third kappa shape index (κ3) is 2.80. The number of carbonyl (C=O) groups is 1. The van der Waals surface area contributed by atoms with Gasteiger partial charge in [0.15, 0.2) is 11.4 Å². The number of hydrogen-bond acceptors (Lipinski definition) is 5. The highest BCUT2D eigenvalue weighted by molar-refractivity contribution is 5.88. The molecule has 15 heavy (non-hydrogen) atoms. The van der Waals surface area contributed by atoms with E-state index in [1.807, 2.05) is 13.8 Å². The van der Waals surface area contributed by atoms with E-state index in [2.05, 4.69) is 15.3 Å². The fraction of sp³-hybridized carbons (Fsp3) is 0.444. The molecule has 0 aliphatic carbocycles. The molecule has 1 heterocycles. The highest BCUT2D eigenvalue weighted by Gasteiger charge is 2.14. The number of carboxylic acid groups (broad SMARTS) is 1. The van der Waals surface area contributed by atoms with Crippen molar-refractivity contribution in [2.75, 3.05) is 12.4 Å². The molecule has 0 radical (unpaired) electrons. The lowest BCUT2D eigenvalue weighted by atomic mass is 10.3. The van der Waals surface area contributed by atoms with Gasteiger partial charge >= 0.3 is 5.97 Å². The molecule has 82 valence electrons. The molecule has 0 amide bonds. The van der Waals surface area contributed by atoms with Crippen molar-refractivity contribution >= 4 is 11.9 Å². The van der Waals surface area contributed by atoms with Gasteiger partial charge in [0.25, 0.3) is 0 Å². The summed E-state index contributed by atoms with van der Waals surface area (Å²) in [6, 6.07) is 0.139. The largest absolute Gasteiger partial charge is 0.493 e. The smallest absolute Gasteiger partial charge is 0.358 e. The Morgan fingerprint density at radius 3 is 2.73 bits per heavy atom. The van der Waals surface area contributed by atoms with Crippen LogP contribution < -0.4 is 10.1 Å². The van der Waals surface area contributed by atoms with E-state index < -0.39 is 5.97 Å². The highest BCUT2D eigenvalue weighted by Crippen LogP contribution is 2.16. The summed E-state index contributed by atoms with van der Waals surface area (Å²) in [5.41, 5.74) is -0.143. The van der Waals surface area contributed by atoms with Gasteiger partial charge in [-0.15, -0.1) is 0 Å². The molecule has 0 aromatic carbocycles. The van der Waals surface area contributed by atoms with E-state index in [1.54, 1.807) is 0 Å². The fourth-order valence-electron chi connectivity index (χ4n) is 1.00. The van der Waals surface area contributed by atoms with E-state index in [-0.39, 0.29) is 23.4 Å². The van der Waals surface area contributed by atoms with Crippen LogP contribution in [-0.4, -0.2) is 34.2 Å². The first-order valence-corrected chi connectivity index (χ1v) is 4.45. The van der Waals surface area contributed by atoms with E-state index in [1.165, 1.54) is 13.3 Å². The van der Waals surface area contributed by atoms with Crippen LogP contribution in [-0.2, 0) is 0 Å². The molecule has 0 unspecified atom stereocenters. The predicted octanol–water partition coefficient (Wildman–Crippen LogP) is 1.00. The summed E-state index contributed by atoms with van der Waals surface area (Å²) in [5.74, 6) is -0.707. The zero-order valence-corrected chi connectivity index (χ0v) is 8.81. The monoisotopic (exact) mass is 211 g/mol. The van der Waals surface area contributed by atoms with E-state index >= 15 is 0 Å². The number of aromatic nitrogens is 2. The minimum Gasteiger partial charge on any atom is -0.493 e. The summed E-state index contributed by atoms with van der Waals surface area (Å²) in [6.07, 6.45) is 1.33. The van der Waals surface area contributed by atoms with Gasteiger partial charge in [0.2, 0.25) is 5.95 Å². The van der Waals surface area contributed by atoms with Crippen molar-refractivity contribution in [3.63, 3.8) is 0 Å². The van der Waals surface area contributed by atoms with Crippen molar-refractivity contribution in [1.82, 2.24) is 9.97 Å². The Labute approximate surface area is 87.3 Å². The maximum absolute atomic E-state index is 10.8. The first-order valence-electron chi connectivity index (χ1n) is 4.45. The zero-order chi connectivity index (χ0) is 11.4. The van der Waals surface area contributed by atoms with Crippen molar-refractivity contribution in [2.45, 2.75) is 19.9 Å².